The maximum Gasteiger partial charge on any atom is 0.178 e. The molecule has 54 heavy (non-hydrogen) atoms. The van der Waals surface area contributed by atoms with Crippen LogP contribution in [0.2, 0.25) is 0 Å². The van der Waals surface area contributed by atoms with E-state index in [0.29, 0.717) is 13.2 Å². The van der Waals surface area contributed by atoms with E-state index in [2.05, 4.69) is 84.3 Å². The van der Waals surface area contributed by atoms with E-state index in [-0.39, 0.29) is 5.82 Å². The molecule has 5 aromatic carbocycles. The third kappa shape index (κ3) is 5.29. The highest BCUT2D eigenvalue weighted by molar-refractivity contribution is 6.10. The van der Waals surface area contributed by atoms with Crippen molar-refractivity contribution in [2.75, 3.05) is 76.6 Å². The summed E-state index contributed by atoms with van der Waals surface area (Å²) in [5.74, 6) is 2.14. The molecule has 0 aromatic heterocycles. The van der Waals surface area contributed by atoms with Crippen molar-refractivity contribution in [2.24, 2.45) is 0 Å². The molecule has 0 amide bonds. The topological polar surface area (TPSA) is 52.6 Å². The molecule has 8 heteroatoms. The Morgan fingerprint density at radius 1 is 0.722 bits per heavy atom. The first-order valence-electron chi connectivity index (χ1n) is 19.3. The number of anilines is 2. The monoisotopic (exact) mass is 726 g/mol. The van der Waals surface area contributed by atoms with Crippen LogP contribution in [0.3, 0.4) is 0 Å². The second kappa shape index (κ2) is 13.7. The largest absolute Gasteiger partial charge is 0.497 e. The Labute approximate surface area is 316 Å². The average Bonchev–Trinajstić information content (AvgIpc) is 3.53. The minimum Gasteiger partial charge on any atom is -0.497 e. The van der Waals surface area contributed by atoms with Gasteiger partial charge in [0.05, 0.1) is 46.3 Å². The summed E-state index contributed by atoms with van der Waals surface area (Å²) in [5, 5.41) is 2.03. The SMILES string of the molecule is CCC1(CC)c2cc(F)ccc2-c2c1c1c(c3cc(OC)c(N4CCOCC4)cc23)OC(c2ccc(OC)cc2)(c2ccc(N3CCOCC3)cc2)C=C1. The van der Waals surface area contributed by atoms with Crippen LogP contribution in [0.25, 0.3) is 28.0 Å². The fourth-order valence-corrected chi connectivity index (χ4v) is 9.45. The fraction of sp³-hybridized carbons (Fsp3) is 0.348. The van der Waals surface area contributed by atoms with Gasteiger partial charge in [0, 0.05) is 59.4 Å². The summed E-state index contributed by atoms with van der Waals surface area (Å²) in [6.45, 7) is 10.5. The quantitative estimate of drug-likeness (QED) is 0.158. The lowest BCUT2D eigenvalue weighted by atomic mass is 9.71. The predicted octanol–water partition coefficient (Wildman–Crippen LogP) is 9.11. The van der Waals surface area contributed by atoms with E-state index >= 15 is 4.39 Å². The van der Waals surface area contributed by atoms with Crippen LogP contribution < -0.4 is 24.0 Å². The molecule has 5 aromatic rings. The molecule has 278 valence electrons. The molecule has 0 saturated carbocycles. The maximum atomic E-state index is 15.2. The first-order valence-corrected chi connectivity index (χ1v) is 19.3. The number of ether oxygens (including phenoxy) is 5. The first kappa shape index (κ1) is 34.7. The molecule has 0 radical (unpaired) electrons. The summed E-state index contributed by atoms with van der Waals surface area (Å²) >= 11 is 0. The van der Waals surface area contributed by atoms with Crippen molar-refractivity contribution in [2.45, 2.75) is 37.7 Å². The standard InChI is InChI=1S/C46H47FN2O5/c1-5-45(6-2)39-27-32(47)11-16-35(39)42-37-28-40(49-21-25-53-26-22-49)41(51-4)29-38(37)44-36(43(42)45)17-18-46(54-44,31-9-14-34(50-3)15-10-31)30-7-12-33(13-8-30)48-19-23-52-24-20-48/h7-18,27-29H,5-6,19-26H2,1-4H3. The summed E-state index contributed by atoms with van der Waals surface area (Å²) in [6, 6.07) is 26.7. The third-order valence-corrected chi connectivity index (χ3v) is 12.3. The maximum absolute atomic E-state index is 15.2. The molecule has 0 spiro atoms. The van der Waals surface area contributed by atoms with Gasteiger partial charge < -0.3 is 33.5 Å². The van der Waals surface area contributed by atoms with Crippen LogP contribution in [0.1, 0.15) is 54.5 Å². The Morgan fingerprint density at radius 3 is 2.00 bits per heavy atom. The smallest absolute Gasteiger partial charge is 0.178 e. The van der Waals surface area contributed by atoms with Gasteiger partial charge >= 0.3 is 0 Å². The van der Waals surface area contributed by atoms with Gasteiger partial charge in [-0.3, -0.25) is 0 Å². The molecule has 0 N–H and O–H groups in total. The molecule has 2 fully saturated rings. The number of methoxy groups -OCH3 is 2. The van der Waals surface area contributed by atoms with Crippen molar-refractivity contribution in [1.29, 1.82) is 0 Å². The Kier molecular flexibility index (Phi) is 8.78. The third-order valence-electron chi connectivity index (χ3n) is 12.3. The first-order chi connectivity index (χ1) is 26.4. The fourth-order valence-electron chi connectivity index (χ4n) is 9.45. The second-order valence-electron chi connectivity index (χ2n) is 14.7. The number of nitrogens with zero attached hydrogens (tertiary/aromatic N) is 2. The Hall–Kier alpha value is -5.05. The van der Waals surface area contributed by atoms with Crippen molar-refractivity contribution in [3.63, 3.8) is 0 Å². The van der Waals surface area contributed by atoms with Gasteiger partial charge in [-0.1, -0.05) is 50.3 Å². The molecule has 2 saturated heterocycles. The minimum atomic E-state index is -0.960. The number of halogens is 1. The molecule has 3 aliphatic heterocycles. The van der Waals surface area contributed by atoms with Crippen LogP contribution in [0.15, 0.2) is 84.9 Å². The summed E-state index contributed by atoms with van der Waals surface area (Å²) in [4.78, 5) is 4.71. The van der Waals surface area contributed by atoms with Gasteiger partial charge in [-0.05, 0) is 95.1 Å². The van der Waals surface area contributed by atoms with Gasteiger partial charge in [0.25, 0.3) is 0 Å². The minimum absolute atomic E-state index is 0.215. The van der Waals surface area contributed by atoms with E-state index in [0.717, 1.165) is 125 Å². The molecular formula is C46H47FN2O5. The lowest BCUT2D eigenvalue weighted by Crippen LogP contribution is -2.37. The summed E-state index contributed by atoms with van der Waals surface area (Å²) in [7, 11) is 3.42. The molecule has 4 aliphatic rings. The van der Waals surface area contributed by atoms with Gasteiger partial charge in [0.2, 0.25) is 0 Å². The van der Waals surface area contributed by atoms with Gasteiger partial charge in [-0.25, -0.2) is 4.39 Å². The van der Waals surface area contributed by atoms with E-state index in [1.807, 2.05) is 18.2 Å². The number of benzene rings is 5. The van der Waals surface area contributed by atoms with Crippen molar-refractivity contribution >= 4 is 28.2 Å². The highest BCUT2D eigenvalue weighted by Crippen LogP contribution is 2.61. The van der Waals surface area contributed by atoms with Crippen LogP contribution in [0.5, 0.6) is 17.2 Å². The van der Waals surface area contributed by atoms with Crippen LogP contribution in [-0.2, 0) is 20.5 Å². The number of morpholine rings is 2. The summed E-state index contributed by atoms with van der Waals surface area (Å²) in [5.41, 5.74) is 8.34. The highest BCUT2D eigenvalue weighted by Gasteiger charge is 2.47. The van der Waals surface area contributed by atoms with E-state index < -0.39 is 11.0 Å². The molecular weight excluding hydrogens is 680 g/mol. The van der Waals surface area contributed by atoms with E-state index in [4.69, 9.17) is 23.7 Å². The van der Waals surface area contributed by atoms with Crippen LogP contribution in [0.4, 0.5) is 15.8 Å². The second-order valence-corrected chi connectivity index (χ2v) is 14.7. The predicted molar refractivity (Wildman–Crippen MR) is 213 cm³/mol. The van der Waals surface area contributed by atoms with E-state index in [1.165, 1.54) is 5.56 Å². The zero-order chi connectivity index (χ0) is 37.0. The normalized spacial score (nSPS) is 19.9. The summed E-state index contributed by atoms with van der Waals surface area (Å²) in [6.07, 6.45) is 6.11. The molecule has 7 nitrogen and oxygen atoms in total. The molecule has 1 aliphatic carbocycles. The average molecular weight is 727 g/mol. The molecule has 3 heterocycles. The van der Waals surface area contributed by atoms with E-state index in [9.17, 15) is 0 Å². The molecule has 0 bridgehead atoms. The molecule has 9 rings (SSSR count). The van der Waals surface area contributed by atoms with Gasteiger partial charge in [-0.15, -0.1) is 0 Å². The number of fused-ring (bicyclic) bond motifs is 8. The van der Waals surface area contributed by atoms with Crippen LogP contribution in [0, 0.1) is 5.82 Å². The van der Waals surface area contributed by atoms with Crippen molar-refractivity contribution in [1.82, 2.24) is 0 Å². The van der Waals surface area contributed by atoms with Crippen molar-refractivity contribution < 1.29 is 28.1 Å². The number of hydrogen-bond acceptors (Lipinski definition) is 7. The number of hydrogen-bond donors (Lipinski definition) is 0. The lowest BCUT2D eigenvalue weighted by molar-refractivity contribution is 0.122. The van der Waals surface area contributed by atoms with Gasteiger partial charge in [0.15, 0.2) is 5.60 Å². The molecule has 1 unspecified atom stereocenters. The van der Waals surface area contributed by atoms with Crippen molar-refractivity contribution in [3.8, 4) is 28.4 Å². The zero-order valence-corrected chi connectivity index (χ0v) is 31.5. The van der Waals surface area contributed by atoms with Crippen LogP contribution in [-0.4, -0.2) is 66.8 Å². The Bertz CT molecular complexity index is 2240. The lowest BCUT2D eigenvalue weighted by Gasteiger charge is -2.40. The Morgan fingerprint density at radius 2 is 1.37 bits per heavy atom. The van der Waals surface area contributed by atoms with Crippen molar-refractivity contribution in [3.05, 3.63) is 119 Å². The number of rotatable bonds is 8. The Balaban J connectivity index is 1.32. The van der Waals surface area contributed by atoms with Gasteiger partial charge in [0.1, 0.15) is 23.1 Å². The molecule has 1 atom stereocenters. The van der Waals surface area contributed by atoms with E-state index in [1.54, 1.807) is 26.4 Å². The van der Waals surface area contributed by atoms with Crippen LogP contribution >= 0.6 is 0 Å². The van der Waals surface area contributed by atoms with Gasteiger partial charge in [-0.2, -0.15) is 0 Å². The zero-order valence-electron chi connectivity index (χ0n) is 31.5. The summed E-state index contributed by atoms with van der Waals surface area (Å²) < 4.78 is 46.0. The highest BCUT2D eigenvalue weighted by atomic mass is 19.1.